The van der Waals surface area contributed by atoms with Crippen LogP contribution in [0.15, 0.2) is 0 Å². The predicted molar refractivity (Wildman–Crippen MR) is 85.7 cm³/mol. The number of rotatable bonds is 13. The van der Waals surface area contributed by atoms with E-state index in [0.29, 0.717) is 12.1 Å². The van der Waals surface area contributed by atoms with E-state index in [0.717, 1.165) is 19.1 Å². The molecule has 0 radical (unpaired) electrons. The molecular formula is C17H37NO. The quantitative estimate of drug-likeness (QED) is 0.487. The standard InChI is InChI=1S/C17H37NO/c1-6-7-8-9-10-17(5)19-14-13-18-16(4)12-11-15(2)3/h15-18H,6-14H2,1-5H3. The smallest absolute Gasteiger partial charge is 0.0594 e. The maximum absolute atomic E-state index is 5.84. The molecule has 19 heavy (non-hydrogen) atoms. The number of unbranched alkanes of at least 4 members (excludes halogenated alkanes) is 3. The van der Waals surface area contributed by atoms with Crippen LogP contribution in [0.3, 0.4) is 0 Å². The Hall–Kier alpha value is -0.0800. The summed E-state index contributed by atoms with van der Waals surface area (Å²) in [5.74, 6) is 0.809. The monoisotopic (exact) mass is 271 g/mol. The summed E-state index contributed by atoms with van der Waals surface area (Å²) >= 11 is 0. The lowest BCUT2D eigenvalue weighted by atomic mass is 10.0. The molecule has 0 aliphatic rings. The second-order valence-corrected chi connectivity index (χ2v) is 6.36. The maximum Gasteiger partial charge on any atom is 0.0594 e. The zero-order valence-corrected chi connectivity index (χ0v) is 14.0. The highest BCUT2D eigenvalue weighted by Gasteiger charge is 2.04. The lowest BCUT2D eigenvalue weighted by Crippen LogP contribution is -2.30. The number of hydrogen-bond donors (Lipinski definition) is 1. The van der Waals surface area contributed by atoms with E-state index in [1.54, 1.807) is 0 Å². The molecule has 0 spiro atoms. The lowest BCUT2D eigenvalue weighted by molar-refractivity contribution is 0.0592. The summed E-state index contributed by atoms with van der Waals surface area (Å²) in [5.41, 5.74) is 0. The van der Waals surface area contributed by atoms with Crippen LogP contribution in [0.2, 0.25) is 0 Å². The topological polar surface area (TPSA) is 21.3 Å². The largest absolute Gasteiger partial charge is 0.377 e. The molecule has 2 nitrogen and oxygen atoms in total. The van der Waals surface area contributed by atoms with Gasteiger partial charge in [0.2, 0.25) is 0 Å². The molecule has 0 aromatic carbocycles. The molecule has 2 heteroatoms. The van der Waals surface area contributed by atoms with Crippen molar-refractivity contribution < 1.29 is 4.74 Å². The third kappa shape index (κ3) is 14.1. The van der Waals surface area contributed by atoms with Crippen LogP contribution >= 0.6 is 0 Å². The van der Waals surface area contributed by atoms with Gasteiger partial charge in [-0.1, -0.05) is 46.5 Å². The fourth-order valence-electron chi connectivity index (χ4n) is 2.19. The molecule has 0 saturated carbocycles. The van der Waals surface area contributed by atoms with Gasteiger partial charge in [0.15, 0.2) is 0 Å². The number of hydrogen-bond acceptors (Lipinski definition) is 2. The van der Waals surface area contributed by atoms with Gasteiger partial charge in [-0.3, -0.25) is 0 Å². The van der Waals surface area contributed by atoms with E-state index in [2.05, 4.69) is 39.9 Å². The molecular weight excluding hydrogens is 234 g/mol. The van der Waals surface area contributed by atoms with Crippen LogP contribution in [0.5, 0.6) is 0 Å². The molecule has 0 aromatic heterocycles. The Bertz CT molecular complexity index is 182. The summed E-state index contributed by atoms with van der Waals surface area (Å²) in [6.45, 7) is 13.1. The van der Waals surface area contributed by atoms with Crippen LogP contribution in [0.4, 0.5) is 0 Å². The van der Waals surface area contributed by atoms with E-state index in [-0.39, 0.29) is 0 Å². The Morgan fingerprint density at radius 2 is 1.63 bits per heavy atom. The summed E-state index contributed by atoms with van der Waals surface area (Å²) < 4.78 is 5.84. The third-order valence-electron chi connectivity index (χ3n) is 3.64. The van der Waals surface area contributed by atoms with Gasteiger partial charge in [0, 0.05) is 12.6 Å². The molecule has 0 aromatic rings. The van der Waals surface area contributed by atoms with Crippen LogP contribution in [-0.4, -0.2) is 25.3 Å². The minimum absolute atomic E-state index is 0.421. The molecule has 0 saturated heterocycles. The maximum atomic E-state index is 5.84. The lowest BCUT2D eigenvalue weighted by Gasteiger charge is -2.17. The average Bonchev–Trinajstić information content (AvgIpc) is 2.37. The Kier molecular flexibility index (Phi) is 12.9. The fourth-order valence-corrected chi connectivity index (χ4v) is 2.19. The van der Waals surface area contributed by atoms with Gasteiger partial charge in [-0.15, -0.1) is 0 Å². The van der Waals surface area contributed by atoms with Crippen molar-refractivity contribution >= 4 is 0 Å². The van der Waals surface area contributed by atoms with Gasteiger partial charge in [0.05, 0.1) is 12.7 Å². The number of ether oxygens (including phenoxy) is 1. The fraction of sp³-hybridized carbons (Fsp3) is 1.00. The number of nitrogens with one attached hydrogen (secondary N) is 1. The van der Waals surface area contributed by atoms with Crippen LogP contribution in [0.25, 0.3) is 0 Å². The predicted octanol–water partition coefficient (Wildman–Crippen LogP) is 4.78. The first-order valence-electron chi connectivity index (χ1n) is 8.41. The summed E-state index contributed by atoms with van der Waals surface area (Å²) in [6, 6.07) is 0.617. The van der Waals surface area contributed by atoms with Gasteiger partial charge in [-0.2, -0.15) is 0 Å². The van der Waals surface area contributed by atoms with E-state index in [1.165, 1.54) is 44.9 Å². The zero-order chi connectivity index (χ0) is 14.5. The molecule has 0 aliphatic carbocycles. The summed E-state index contributed by atoms with van der Waals surface area (Å²) in [7, 11) is 0. The molecule has 2 unspecified atom stereocenters. The third-order valence-corrected chi connectivity index (χ3v) is 3.64. The van der Waals surface area contributed by atoms with Crippen LogP contribution in [-0.2, 0) is 4.74 Å². The van der Waals surface area contributed by atoms with Crippen molar-refractivity contribution in [1.82, 2.24) is 5.32 Å². The second-order valence-electron chi connectivity index (χ2n) is 6.36. The van der Waals surface area contributed by atoms with Gasteiger partial charge in [0.1, 0.15) is 0 Å². The van der Waals surface area contributed by atoms with Crippen LogP contribution in [0.1, 0.15) is 79.6 Å². The summed E-state index contributed by atoms with van der Waals surface area (Å²) in [6.07, 6.45) is 9.55. The average molecular weight is 271 g/mol. The molecule has 0 rings (SSSR count). The van der Waals surface area contributed by atoms with Crippen molar-refractivity contribution in [2.45, 2.75) is 91.7 Å². The molecule has 0 aliphatic heterocycles. The Morgan fingerprint density at radius 3 is 2.26 bits per heavy atom. The summed E-state index contributed by atoms with van der Waals surface area (Å²) in [5, 5.41) is 3.54. The molecule has 0 bridgehead atoms. The van der Waals surface area contributed by atoms with Crippen molar-refractivity contribution in [3.8, 4) is 0 Å². The van der Waals surface area contributed by atoms with Gasteiger partial charge in [-0.05, 0) is 39.0 Å². The highest BCUT2D eigenvalue weighted by molar-refractivity contribution is 4.62. The van der Waals surface area contributed by atoms with E-state index >= 15 is 0 Å². The second kappa shape index (κ2) is 12.9. The molecule has 0 heterocycles. The minimum atomic E-state index is 0.421. The van der Waals surface area contributed by atoms with Gasteiger partial charge < -0.3 is 10.1 Å². The van der Waals surface area contributed by atoms with E-state index in [4.69, 9.17) is 4.74 Å². The van der Waals surface area contributed by atoms with Crippen molar-refractivity contribution in [2.24, 2.45) is 5.92 Å². The molecule has 0 fully saturated rings. The van der Waals surface area contributed by atoms with E-state index < -0.39 is 0 Å². The Balaban J connectivity index is 3.32. The van der Waals surface area contributed by atoms with Gasteiger partial charge in [0.25, 0.3) is 0 Å². The summed E-state index contributed by atoms with van der Waals surface area (Å²) in [4.78, 5) is 0. The van der Waals surface area contributed by atoms with Gasteiger partial charge >= 0.3 is 0 Å². The van der Waals surface area contributed by atoms with E-state index in [9.17, 15) is 0 Å². The molecule has 1 N–H and O–H groups in total. The van der Waals surface area contributed by atoms with Crippen LogP contribution in [0, 0.1) is 5.92 Å². The van der Waals surface area contributed by atoms with Crippen molar-refractivity contribution in [3.63, 3.8) is 0 Å². The first-order chi connectivity index (χ1) is 9.06. The Labute approximate surface area is 121 Å². The SMILES string of the molecule is CCCCCCC(C)OCCNC(C)CCC(C)C. The van der Waals surface area contributed by atoms with E-state index in [1.807, 2.05) is 0 Å². The zero-order valence-electron chi connectivity index (χ0n) is 14.0. The van der Waals surface area contributed by atoms with Gasteiger partial charge in [-0.25, -0.2) is 0 Å². The van der Waals surface area contributed by atoms with Crippen LogP contribution < -0.4 is 5.32 Å². The first kappa shape index (κ1) is 18.9. The minimum Gasteiger partial charge on any atom is -0.377 e. The normalized spacial score (nSPS) is 14.8. The highest BCUT2D eigenvalue weighted by Crippen LogP contribution is 2.08. The van der Waals surface area contributed by atoms with Crippen molar-refractivity contribution in [2.75, 3.05) is 13.2 Å². The van der Waals surface area contributed by atoms with Crippen molar-refractivity contribution in [3.05, 3.63) is 0 Å². The molecule has 2 atom stereocenters. The van der Waals surface area contributed by atoms with Crippen molar-refractivity contribution in [1.29, 1.82) is 0 Å². The molecule has 0 amide bonds. The highest BCUT2D eigenvalue weighted by atomic mass is 16.5. The molecule has 116 valence electrons. The Morgan fingerprint density at radius 1 is 0.895 bits per heavy atom. The first-order valence-corrected chi connectivity index (χ1v) is 8.41.